The number of ether oxygens (including phenoxy) is 1. The SMILES string of the molecule is CC(C)(COC(=O)N[C@@]([Si])(CC1CCCCC1)C(=O)NS[C@H](C#N)CC1CCNC1=O)Cc1cccc(Cl)c1. The van der Waals surface area contributed by atoms with Gasteiger partial charge in [-0.05, 0) is 61.2 Å². The van der Waals surface area contributed by atoms with Crippen LogP contribution in [0, 0.1) is 28.6 Å². The fraction of sp³-hybridized carbons (Fsp3) is 0.643. The first-order valence-electron chi connectivity index (χ1n) is 13.6. The minimum Gasteiger partial charge on any atom is -0.449 e. The van der Waals surface area contributed by atoms with Crippen molar-refractivity contribution >= 4 is 51.7 Å². The molecule has 8 nitrogen and oxygen atoms in total. The van der Waals surface area contributed by atoms with Crippen molar-refractivity contribution in [3.63, 3.8) is 0 Å². The molecule has 1 unspecified atom stereocenters. The van der Waals surface area contributed by atoms with Crippen LogP contribution in [0.5, 0.6) is 0 Å². The molecule has 3 rings (SSSR count). The Morgan fingerprint density at radius 3 is 2.67 bits per heavy atom. The molecule has 3 radical (unpaired) electrons. The number of alkyl carbamates (subject to hydrolysis) is 1. The molecule has 1 aromatic carbocycles. The third-order valence-corrected chi connectivity index (χ3v) is 8.96. The summed E-state index contributed by atoms with van der Waals surface area (Å²) >= 11 is 7.09. The van der Waals surface area contributed by atoms with Gasteiger partial charge in [-0.25, -0.2) is 4.79 Å². The minimum atomic E-state index is -1.39. The van der Waals surface area contributed by atoms with E-state index in [1.165, 1.54) is 6.42 Å². The molecule has 11 heteroatoms. The van der Waals surface area contributed by atoms with E-state index in [9.17, 15) is 19.6 Å². The van der Waals surface area contributed by atoms with E-state index in [2.05, 4.69) is 31.7 Å². The van der Waals surface area contributed by atoms with Crippen LogP contribution < -0.4 is 15.4 Å². The van der Waals surface area contributed by atoms with Gasteiger partial charge in [0, 0.05) is 22.9 Å². The van der Waals surface area contributed by atoms with E-state index < -0.39 is 22.4 Å². The first-order chi connectivity index (χ1) is 18.5. The van der Waals surface area contributed by atoms with Crippen molar-refractivity contribution in [1.82, 2.24) is 15.4 Å². The highest BCUT2D eigenvalue weighted by atomic mass is 35.5. The molecule has 3 N–H and O–H groups in total. The van der Waals surface area contributed by atoms with Gasteiger partial charge >= 0.3 is 6.09 Å². The predicted octanol–water partition coefficient (Wildman–Crippen LogP) is 4.65. The number of hydrogen-bond acceptors (Lipinski definition) is 6. The fourth-order valence-electron chi connectivity index (χ4n) is 5.21. The zero-order chi connectivity index (χ0) is 28.5. The van der Waals surface area contributed by atoms with Crippen LogP contribution in [0.25, 0.3) is 0 Å². The topological polar surface area (TPSA) is 120 Å². The molecule has 1 aromatic rings. The summed E-state index contributed by atoms with van der Waals surface area (Å²) in [4.78, 5) is 38.3. The van der Waals surface area contributed by atoms with E-state index in [1.54, 1.807) is 0 Å². The van der Waals surface area contributed by atoms with Crippen LogP contribution in [0.15, 0.2) is 24.3 Å². The van der Waals surface area contributed by atoms with Crippen molar-refractivity contribution in [2.75, 3.05) is 13.2 Å². The number of hydrogen-bond donors (Lipinski definition) is 3. The first kappa shape index (κ1) is 31.3. The second-order valence-corrected chi connectivity index (χ2v) is 13.8. The third kappa shape index (κ3) is 10.0. The van der Waals surface area contributed by atoms with Crippen LogP contribution >= 0.6 is 23.5 Å². The van der Waals surface area contributed by atoms with Crippen molar-refractivity contribution in [1.29, 1.82) is 5.26 Å². The van der Waals surface area contributed by atoms with E-state index in [0.29, 0.717) is 37.3 Å². The van der Waals surface area contributed by atoms with Crippen molar-refractivity contribution in [3.8, 4) is 6.07 Å². The molecule has 3 amide bonds. The van der Waals surface area contributed by atoms with Crippen LogP contribution in [0.2, 0.25) is 5.02 Å². The number of nitrogens with zero attached hydrogens (tertiary/aromatic N) is 1. The lowest BCUT2D eigenvalue weighted by molar-refractivity contribution is -0.123. The maximum Gasteiger partial charge on any atom is 0.407 e. The molecular formula is C28H38ClN4O4SSi. The van der Waals surface area contributed by atoms with Crippen molar-refractivity contribution < 1.29 is 19.1 Å². The summed E-state index contributed by atoms with van der Waals surface area (Å²) in [6.07, 6.45) is 6.70. The summed E-state index contributed by atoms with van der Waals surface area (Å²) in [7, 11) is 3.61. The van der Waals surface area contributed by atoms with E-state index in [1.807, 2.05) is 38.1 Å². The number of halogens is 1. The molecule has 2 fully saturated rings. The Labute approximate surface area is 244 Å². The highest BCUT2D eigenvalue weighted by Gasteiger charge is 2.39. The zero-order valence-electron chi connectivity index (χ0n) is 22.7. The Kier molecular flexibility index (Phi) is 11.6. The molecule has 1 saturated carbocycles. The van der Waals surface area contributed by atoms with Gasteiger partial charge in [-0.2, -0.15) is 5.26 Å². The smallest absolute Gasteiger partial charge is 0.407 e. The highest BCUT2D eigenvalue weighted by Crippen LogP contribution is 2.31. The molecule has 211 valence electrons. The van der Waals surface area contributed by atoms with Crippen molar-refractivity contribution in [3.05, 3.63) is 34.9 Å². The van der Waals surface area contributed by atoms with Gasteiger partial charge in [0.05, 0.1) is 22.9 Å². The lowest BCUT2D eigenvalue weighted by Crippen LogP contribution is -2.59. The molecule has 0 spiro atoms. The summed E-state index contributed by atoms with van der Waals surface area (Å²) in [5.74, 6) is -0.490. The molecular weight excluding hydrogens is 552 g/mol. The molecule has 1 aliphatic carbocycles. The standard InChI is InChI=1S/C28H38ClN4O4SSi/c1-27(2,15-20-9-6-10-22(29)13-20)18-37-26(36)32-28(39,16-19-7-4-3-5-8-19)25(35)33-38-23(17-30)14-21-11-12-31-24(21)34/h6,9-10,13,19,21,23H,3-5,7-8,11-12,14-16,18H2,1-2H3,(H,31,34)(H,32,36)(H,33,35)/t21?,23-,28+/m0/s1. The molecule has 1 saturated heterocycles. The van der Waals surface area contributed by atoms with E-state index in [0.717, 1.165) is 43.2 Å². The number of carbonyl (C=O) groups is 3. The quantitative estimate of drug-likeness (QED) is 0.241. The largest absolute Gasteiger partial charge is 0.449 e. The van der Waals surface area contributed by atoms with Crippen LogP contribution in [0.4, 0.5) is 4.79 Å². The van der Waals surface area contributed by atoms with E-state index in [4.69, 9.17) is 16.3 Å². The normalized spacial score (nSPS) is 20.3. The van der Waals surface area contributed by atoms with Gasteiger partial charge in [-0.15, -0.1) is 0 Å². The highest BCUT2D eigenvalue weighted by molar-refractivity contribution is 7.98. The van der Waals surface area contributed by atoms with Crippen molar-refractivity contribution in [2.24, 2.45) is 17.3 Å². The van der Waals surface area contributed by atoms with Crippen LogP contribution in [0.3, 0.4) is 0 Å². The Bertz CT molecular complexity index is 1060. The van der Waals surface area contributed by atoms with Gasteiger partial charge in [0.25, 0.3) is 5.91 Å². The van der Waals surface area contributed by atoms with Crippen LogP contribution in [0.1, 0.15) is 70.8 Å². The second kappa shape index (κ2) is 14.4. The van der Waals surface area contributed by atoms with Crippen LogP contribution in [-0.4, -0.2) is 51.7 Å². The molecule has 0 aromatic heterocycles. The number of nitriles is 1. The van der Waals surface area contributed by atoms with Gasteiger partial charge in [0.2, 0.25) is 5.91 Å². The summed E-state index contributed by atoms with van der Waals surface area (Å²) in [6.45, 7) is 4.75. The molecule has 39 heavy (non-hydrogen) atoms. The Hall–Kier alpha value is -2.22. The minimum absolute atomic E-state index is 0.0587. The molecule has 0 bridgehead atoms. The molecule has 1 aliphatic heterocycles. The summed E-state index contributed by atoms with van der Waals surface area (Å²) in [5.41, 5.74) is 0.687. The maximum atomic E-state index is 13.4. The number of carbonyl (C=O) groups excluding carboxylic acids is 3. The number of rotatable bonds is 12. The van der Waals surface area contributed by atoms with Crippen molar-refractivity contribution in [2.45, 2.75) is 82.0 Å². The van der Waals surface area contributed by atoms with Gasteiger partial charge in [0.1, 0.15) is 10.4 Å². The van der Waals surface area contributed by atoms with Gasteiger partial charge in [-0.3, -0.25) is 14.3 Å². The maximum absolute atomic E-state index is 13.4. The van der Waals surface area contributed by atoms with E-state index >= 15 is 0 Å². The van der Waals surface area contributed by atoms with Gasteiger partial charge in [-0.1, -0.05) is 69.7 Å². The Balaban J connectivity index is 1.60. The average molecular weight is 590 g/mol. The fourth-order valence-corrected chi connectivity index (χ4v) is 6.78. The van der Waals surface area contributed by atoms with Gasteiger partial charge < -0.3 is 15.4 Å². The second-order valence-electron chi connectivity index (χ2n) is 11.5. The monoisotopic (exact) mass is 589 g/mol. The lowest BCUT2D eigenvalue weighted by Gasteiger charge is -2.34. The Morgan fingerprint density at radius 1 is 1.28 bits per heavy atom. The predicted molar refractivity (Wildman–Crippen MR) is 154 cm³/mol. The molecule has 2 aliphatic rings. The molecule has 1 heterocycles. The van der Waals surface area contributed by atoms with Crippen LogP contribution in [-0.2, 0) is 20.7 Å². The lowest BCUT2D eigenvalue weighted by atomic mass is 9.84. The third-order valence-electron chi connectivity index (χ3n) is 7.29. The summed E-state index contributed by atoms with van der Waals surface area (Å²) < 4.78 is 8.35. The van der Waals surface area contributed by atoms with E-state index in [-0.39, 0.29) is 29.8 Å². The number of nitrogens with one attached hydrogen (secondary N) is 3. The number of benzene rings is 1. The summed E-state index contributed by atoms with van der Waals surface area (Å²) in [5, 5.41) is 13.8. The van der Waals surface area contributed by atoms with Gasteiger partial charge in [0.15, 0.2) is 0 Å². The number of amides is 3. The molecule has 3 atom stereocenters. The summed E-state index contributed by atoms with van der Waals surface area (Å²) in [6, 6.07) is 9.76. The Morgan fingerprint density at radius 2 is 2.03 bits per heavy atom. The average Bonchev–Trinajstić information content (AvgIpc) is 3.29. The first-order valence-corrected chi connectivity index (χ1v) is 15.3. The zero-order valence-corrected chi connectivity index (χ0v) is 25.3.